The lowest BCUT2D eigenvalue weighted by molar-refractivity contribution is 0.668. The van der Waals surface area contributed by atoms with E-state index in [-0.39, 0.29) is 0 Å². The van der Waals surface area contributed by atoms with E-state index >= 15 is 0 Å². The highest BCUT2D eigenvalue weighted by Crippen LogP contribution is 2.41. The summed E-state index contributed by atoms with van der Waals surface area (Å²) in [4.78, 5) is 15.3. The smallest absolute Gasteiger partial charge is 0.164 e. The third-order valence-corrected chi connectivity index (χ3v) is 10.1. The van der Waals surface area contributed by atoms with E-state index in [2.05, 4.69) is 97.1 Å². The Morgan fingerprint density at radius 3 is 1.73 bits per heavy atom. The predicted molar refractivity (Wildman–Crippen MR) is 211 cm³/mol. The average molecular weight is 666 g/mol. The van der Waals surface area contributed by atoms with E-state index in [0.29, 0.717) is 17.5 Å². The Bertz CT molecular complexity index is 3190. The molecule has 0 aliphatic rings. The molecular formula is C47H27N3O2. The molecule has 0 saturated heterocycles. The summed E-state index contributed by atoms with van der Waals surface area (Å²) in [6.45, 7) is 0. The fourth-order valence-corrected chi connectivity index (χ4v) is 7.68. The van der Waals surface area contributed by atoms with E-state index < -0.39 is 0 Å². The number of furan rings is 2. The van der Waals surface area contributed by atoms with Crippen molar-refractivity contribution in [1.82, 2.24) is 15.0 Å². The van der Waals surface area contributed by atoms with Crippen molar-refractivity contribution in [2.45, 2.75) is 0 Å². The predicted octanol–water partition coefficient (Wildman–Crippen LogP) is 12.6. The molecule has 0 atom stereocenters. The third-order valence-electron chi connectivity index (χ3n) is 10.1. The van der Waals surface area contributed by atoms with Crippen LogP contribution in [-0.2, 0) is 0 Å². The first-order valence-corrected chi connectivity index (χ1v) is 17.3. The van der Waals surface area contributed by atoms with Crippen LogP contribution in [0.1, 0.15) is 0 Å². The Kier molecular flexibility index (Phi) is 6.18. The molecule has 0 spiro atoms. The van der Waals surface area contributed by atoms with Gasteiger partial charge in [-0.2, -0.15) is 0 Å². The summed E-state index contributed by atoms with van der Waals surface area (Å²) < 4.78 is 12.8. The second kappa shape index (κ2) is 11.2. The fourth-order valence-electron chi connectivity index (χ4n) is 7.68. The molecule has 3 aromatic heterocycles. The quantitative estimate of drug-likeness (QED) is 0.175. The van der Waals surface area contributed by atoms with E-state index in [4.69, 9.17) is 23.8 Å². The van der Waals surface area contributed by atoms with Crippen molar-refractivity contribution in [1.29, 1.82) is 0 Å². The molecule has 0 aliphatic heterocycles. The van der Waals surface area contributed by atoms with Crippen molar-refractivity contribution in [3.63, 3.8) is 0 Å². The molecule has 11 aromatic rings. The van der Waals surface area contributed by atoms with Gasteiger partial charge in [-0.05, 0) is 69.1 Å². The lowest BCUT2D eigenvalue weighted by Gasteiger charge is -2.10. The maximum Gasteiger partial charge on any atom is 0.164 e. The van der Waals surface area contributed by atoms with Gasteiger partial charge in [-0.25, -0.2) is 15.0 Å². The van der Waals surface area contributed by atoms with Crippen LogP contribution in [0.25, 0.3) is 111 Å². The Balaban J connectivity index is 1.11. The summed E-state index contributed by atoms with van der Waals surface area (Å²) in [5.74, 6) is 1.83. The first-order chi connectivity index (χ1) is 25.7. The van der Waals surface area contributed by atoms with Crippen LogP contribution >= 0.6 is 0 Å². The van der Waals surface area contributed by atoms with E-state index in [9.17, 15) is 0 Å². The van der Waals surface area contributed by atoms with Crippen LogP contribution in [0.3, 0.4) is 0 Å². The van der Waals surface area contributed by atoms with Crippen molar-refractivity contribution in [3.8, 4) is 45.3 Å². The molecule has 0 N–H and O–H groups in total. The summed E-state index contributed by atoms with van der Waals surface area (Å²) in [6.07, 6.45) is 0. The number of benzene rings is 8. The van der Waals surface area contributed by atoms with Gasteiger partial charge in [0.1, 0.15) is 22.3 Å². The van der Waals surface area contributed by atoms with Gasteiger partial charge >= 0.3 is 0 Å². The molecule has 0 amide bonds. The minimum Gasteiger partial charge on any atom is -0.456 e. The normalized spacial score (nSPS) is 11.8. The second-order valence-electron chi connectivity index (χ2n) is 13.2. The summed E-state index contributed by atoms with van der Waals surface area (Å²) in [5, 5.41) is 8.90. The van der Waals surface area contributed by atoms with Gasteiger partial charge in [-0.3, -0.25) is 0 Å². The molecule has 52 heavy (non-hydrogen) atoms. The zero-order valence-electron chi connectivity index (χ0n) is 27.7. The number of hydrogen-bond donors (Lipinski definition) is 0. The SMILES string of the molecule is c1ccc(-c2nc(-c3ccc4ccc5ccccc5c4c3)nc(-c3cccc4oc5cc(-c6cccc7oc8ccccc8c67)ccc5c34)n2)cc1. The highest BCUT2D eigenvalue weighted by atomic mass is 16.3. The molecule has 0 fully saturated rings. The van der Waals surface area contributed by atoms with Crippen molar-refractivity contribution in [2.75, 3.05) is 0 Å². The average Bonchev–Trinajstić information content (AvgIpc) is 3.79. The van der Waals surface area contributed by atoms with Gasteiger partial charge in [-0.15, -0.1) is 0 Å². The summed E-state index contributed by atoms with van der Waals surface area (Å²) in [6, 6.07) is 56.3. The molecule has 0 bridgehead atoms. The molecular weight excluding hydrogens is 639 g/mol. The van der Waals surface area contributed by atoms with Gasteiger partial charge in [0.25, 0.3) is 0 Å². The summed E-state index contributed by atoms with van der Waals surface area (Å²) in [5.41, 5.74) is 8.21. The van der Waals surface area contributed by atoms with Crippen LogP contribution in [0.2, 0.25) is 0 Å². The monoisotopic (exact) mass is 665 g/mol. The van der Waals surface area contributed by atoms with Crippen LogP contribution in [0.15, 0.2) is 173 Å². The first kappa shape index (κ1) is 28.7. The van der Waals surface area contributed by atoms with Gasteiger partial charge in [0.05, 0.1) is 0 Å². The molecule has 242 valence electrons. The Morgan fingerprint density at radius 1 is 0.308 bits per heavy atom. The van der Waals surface area contributed by atoms with E-state index in [1.807, 2.05) is 66.7 Å². The largest absolute Gasteiger partial charge is 0.456 e. The Hall–Kier alpha value is -7.11. The highest BCUT2D eigenvalue weighted by molar-refractivity contribution is 6.15. The van der Waals surface area contributed by atoms with Gasteiger partial charge in [0.2, 0.25) is 0 Å². The van der Waals surface area contributed by atoms with Crippen LogP contribution in [-0.4, -0.2) is 15.0 Å². The number of fused-ring (bicyclic) bond motifs is 9. The lowest BCUT2D eigenvalue weighted by atomic mass is 9.97. The number of nitrogens with zero attached hydrogens (tertiary/aromatic N) is 3. The minimum atomic E-state index is 0.592. The molecule has 11 rings (SSSR count). The second-order valence-corrected chi connectivity index (χ2v) is 13.2. The van der Waals surface area contributed by atoms with Crippen LogP contribution in [0.5, 0.6) is 0 Å². The topological polar surface area (TPSA) is 65.0 Å². The number of hydrogen-bond acceptors (Lipinski definition) is 5. The molecule has 0 saturated carbocycles. The zero-order chi connectivity index (χ0) is 34.2. The van der Waals surface area contributed by atoms with Gasteiger partial charge in [0, 0.05) is 38.2 Å². The van der Waals surface area contributed by atoms with Crippen LogP contribution < -0.4 is 0 Å². The van der Waals surface area contributed by atoms with E-state index in [0.717, 1.165) is 77.1 Å². The zero-order valence-corrected chi connectivity index (χ0v) is 27.7. The highest BCUT2D eigenvalue weighted by Gasteiger charge is 2.19. The van der Waals surface area contributed by atoms with E-state index in [1.165, 1.54) is 16.2 Å². The molecule has 3 heterocycles. The Labute approximate surface area is 297 Å². The van der Waals surface area contributed by atoms with Crippen LogP contribution in [0, 0.1) is 0 Å². The molecule has 0 aliphatic carbocycles. The van der Waals surface area contributed by atoms with Crippen molar-refractivity contribution in [2.24, 2.45) is 0 Å². The number of rotatable bonds is 4. The minimum absolute atomic E-state index is 0.592. The van der Waals surface area contributed by atoms with Gasteiger partial charge in [-0.1, -0.05) is 127 Å². The Morgan fingerprint density at radius 2 is 0.885 bits per heavy atom. The fraction of sp³-hybridized carbons (Fsp3) is 0. The van der Waals surface area contributed by atoms with Crippen molar-refractivity contribution < 1.29 is 8.83 Å². The number of para-hydroxylation sites is 1. The molecule has 0 unspecified atom stereocenters. The van der Waals surface area contributed by atoms with Gasteiger partial charge < -0.3 is 8.83 Å². The van der Waals surface area contributed by atoms with Crippen molar-refractivity contribution >= 4 is 65.4 Å². The first-order valence-electron chi connectivity index (χ1n) is 17.3. The molecule has 8 aromatic carbocycles. The standard InChI is InChI=1S/C47H27N3O2/c1-2-11-30(12-3-1)45-48-46(32-23-22-29-21-20-28-10-4-5-13-33(28)38(29)26-32)50-47(49-45)37-16-9-19-41-44(37)36-25-24-31(27-42(36)52-41)34-15-8-18-40-43(34)35-14-6-7-17-39(35)51-40/h1-27H. The molecule has 5 nitrogen and oxygen atoms in total. The third kappa shape index (κ3) is 4.46. The summed E-state index contributed by atoms with van der Waals surface area (Å²) >= 11 is 0. The number of aromatic nitrogens is 3. The van der Waals surface area contributed by atoms with E-state index in [1.54, 1.807) is 0 Å². The maximum atomic E-state index is 6.58. The lowest BCUT2D eigenvalue weighted by Crippen LogP contribution is -2.00. The molecule has 5 heteroatoms. The van der Waals surface area contributed by atoms with Crippen LogP contribution in [0.4, 0.5) is 0 Å². The summed E-state index contributed by atoms with van der Waals surface area (Å²) in [7, 11) is 0. The molecule has 0 radical (unpaired) electrons. The van der Waals surface area contributed by atoms with Crippen molar-refractivity contribution in [3.05, 3.63) is 164 Å². The maximum absolute atomic E-state index is 6.58. The van der Waals surface area contributed by atoms with Gasteiger partial charge in [0.15, 0.2) is 17.5 Å².